The third-order valence-corrected chi connectivity index (χ3v) is 5.65. The van der Waals surface area contributed by atoms with E-state index in [9.17, 15) is 0 Å². The van der Waals surface area contributed by atoms with E-state index in [0.717, 1.165) is 71.0 Å². The molecule has 5 nitrogen and oxygen atoms in total. The van der Waals surface area contributed by atoms with Crippen LogP contribution in [0.2, 0.25) is 10.0 Å². The lowest BCUT2D eigenvalue weighted by Gasteiger charge is -2.36. The Bertz CT molecular complexity index is 1000. The van der Waals surface area contributed by atoms with Gasteiger partial charge in [0.2, 0.25) is 0 Å². The number of aromatic nitrogens is 2. The first-order valence-corrected chi connectivity index (χ1v) is 10.7. The summed E-state index contributed by atoms with van der Waals surface area (Å²) in [7, 11) is 0. The van der Waals surface area contributed by atoms with Gasteiger partial charge < -0.3 is 10.2 Å². The van der Waals surface area contributed by atoms with Crippen molar-refractivity contribution in [2.24, 2.45) is 0 Å². The largest absolute Gasteiger partial charge is 0.365 e. The van der Waals surface area contributed by atoms with E-state index in [2.05, 4.69) is 29.0 Å². The van der Waals surface area contributed by atoms with Gasteiger partial charge in [0.15, 0.2) is 11.6 Å². The average Bonchev–Trinajstić information content (AvgIpc) is 2.70. The molecule has 0 amide bonds. The highest BCUT2D eigenvalue weighted by atomic mass is 35.5. The van der Waals surface area contributed by atoms with Gasteiger partial charge in [0.05, 0.1) is 11.0 Å². The van der Waals surface area contributed by atoms with Gasteiger partial charge in [-0.05, 0) is 49.7 Å². The quantitative estimate of drug-likeness (QED) is 0.612. The third-order valence-electron chi connectivity index (χ3n) is 5.05. The molecule has 7 heteroatoms. The van der Waals surface area contributed by atoms with E-state index in [0.29, 0.717) is 0 Å². The standard InChI is InChI=1S/C22H25Cl2N5/c1-15(2)25-21-22(27-20-6-4-3-5-19(20)26-21)29-11-9-28(10-12-29)14-16-13-17(23)7-8-18(16)24/h3-8,13,15H,9-12,14H2,1-2H3,(H,25,26). The first-order chi connectivity index (χ1) is 14.0. The lowest BCUT2D eigenvalue weighted by atomic mass is 10.2. The van der Waals surface area contributed by atoms with Crippen molar-refractivity contribution in [3.05, 3.63) is 58.1 Å². The molecule has 1 aliphatic rings. The van der Waals surface area contributed by atoms with Gasteiger partial charge >= 0.3 is 0 Å². The predicted octanol–water partition coefficient (Wildman–Crippen LogP) is 5.08. The van der Waals surface area contributed by atoms with Gasteiger partial charge in [0.1, 0.15) is 0 Å². The molecule has 0 spiro atoms. The molecule has 1 saturated heterocycles. The van der Waals surface area contributed by atoms with E-state index >= 15 is 0 Å². The molecule has 0 atom stereocenters. The zero-order chi connectivity index (χ0) is 20.4. The Kier molecular flexibility index (Phi) is 6.09. The molecule has 2 aromatic carbocycles. The van der Waals surface area contributed by atoms with Crippen LogP contribution in [0.3, 0.4) is 0 Å². The number of fused-ring (bicyclic) bond motifs is 1. The summed E-state index contributed by atoms with van der Waals surface area (Å²) < 4.78 is 0. The van der Waals surface area contributed by atoms with E-state index in [-0.39, 0.29) is 6.04 Å². The Labute approximate surface area is 181 Å². The zero-order valence-corrected chi connectivity index (χ0v) is 18.2. The van der Waals surface area contributed by atoms with Crippen molar-refractivity contribution in [3.8, 4) is 0 Å². The molecule has 1 aliphatic heterocycles. The molecule has 29 heavy (non-hydrogen) atoms. The van der Waals surface area contributed by atoms with E-state index < -0.39 is 0 Å². The van der Waals surface area contributed by atoms with E-state index in [4.69, 9.17) is 33.2 Å². The van der Waals surface area contributed by atoms with Crippen LogP contribution < -0.4 is 10.2 Å². The molecule has 3 aromatic rings. The van der Waals surface area contributed by atoms with Gasteiger partial charge in [0.25, 0.3) is 0 Å². The van der Waals surface area contributed by atoms with Crippen molar-refractivity contribution >= 4 is 45.9 Å². The van der Waals surface area contributed by atoms with E-state index in [1.54, 1.807) is 0 Å². The van der Waals surface area contributed by atoms with Crippen LogP contribution in [0.1, 0.15) is 19.4 Å². The second-order valence-corrected chi connectivity index (χ2v) is 8.53. The number of halogens is 2. The monoisotopic (exact) mass is 429 g/mol. The number of para-hydroxylation sites is 2. The van der Waals surface area contributed by atoms with Crippen LogP contribution in [0.15, 0.2) is 42.5 Å². The van der Waals surface area contributed by atoms with Crippen molar-refractivity contribution in [2.75, 3.05) is 36.4 Å². The fourth-order valence-electron chi connectivity index (χ4n) is 3.60. The number of hydrogen-bond donors (Lipinski definition) is 1. The first-order valence-electron chi connectivity index (χ1n) is 9.94. The normalized spacial score (nSPS) is 15.3. The van der Waals surface area contributed by atoms with Crippen LogP contribution in [0.4, 0.5) is 11.6 Å². The number of nitrogens with one attached hydrogen (secondary N) is 1. The number of hydrogen-bond acceptors (Lipinski definition) is 5. The summed E-state index contributed by atoms with van der Waals surface area (Å²) >= 11 is 12.5. The zero-order valence-electron chi connectivity index (χ0n) is 16.7. The lowest BCUT2D eigenvalue weighted by Crippen LogP contribution is -2.46. The number of nitrogens with zero attached hydrogens (tertiary/aromatic N) is 4. The summed E-state index contributed by atoms with van der Waals surface area (Å²) in [6.07, 6.45) is 0. The molecule has 1 fully saturated rings. The highest BCUT2D eigenvalue weighted by Crippen LogP contribution is 2.27. The second-order valence-electron chi connectivity index (χ2n) is 7.68. The Morgan fingerprint density at radius 3 is 2.34 bits per heavy atom. The molecule has 0 unspecified atom stereocenters. The van der Waals surface area contributed by atoms with Gasteiger partial charge in [-0.3, -0.25) is 4.90 Å². The van der Waals surface area contributed by atoms with Crippen molar-refractivity contribution < 1.29 is 0 Å². The number of anilines is 2. The Hall–Kier alpha value is -2.08. The summed E-state index contributed by atoms with van der Waals surface area (Å²) in [5.74, 6) is 1.78. The average molecular weight is 430 g/mol. The molecule has 0 saturated carbocycles. The molecule has 0 aliphatic carbocycles. The molecule has 152 valence electrons. The molecular weight excluding hydrogens is 405 g/mol. The molecule has 1 aromatic heterocycles. The molecule has 4 rings (SSSR count). The highest BCUT2D eigenvalue weighted by Gasteiger charge is 2.22. The predicted molar refractivity (Wildman–Crippen MR) is 122 cm³/mol. The summed E-state index contributed by atoms with van der Waals surface area (Å²) in [6, 6.07) is 14.0. The third kappa shape index (κ3) is 4.74. The van der Waals surface area contributed by atoms with Crippen molar-refractivity contribution in [1.82, 2.24) is 14.9 Å². The van der Waals surface area contributed by atoms with E-state index in [1.165, 1.54) is 0 Å². The smallest absolute Gasteiger partial charge is 0.172 e. The van der Waals surface area contributed by atoms with Crippen molar-refractivity contribution in [2.45, 2.75) is 26.4 Å². The van der Waals surface area contributed by atoms with Gasteiger partial charge in [0, 0.05) is 48.8 Å². The fraction of sp³-hybridized carbons (Fsp3) is 0.364. The maximum atomic E-state index is 6.34. The molecular formula is C22H25Cl2N5. The lowest BCUT2D eigenvalue weighted by molar-refractivity contribution is 0.249. The Morgan fingerprint density at radius 2 is 1.66 bits per heavy atom. The minimum Gasteiger partial charge on any atom is -0.365 e. The van der Waals surface area contributed by atoms with Crippen LogP contribution in [-0.4, -0.2) is 47.1 Å². The summed E-state index contributed by atoms with van der Waals surface area (Å²) in [5.41, 5.74) is 2.90. The molecule has 1 N–H and O–H groups in total. The fourth-order valence-corrected chi connectivity index (χ4v) is 3.98. The Morgan fingerprint density at radius 1 is 0.966 bits per heavy atom. The van der Waals surface area contributed by atoms with Crippen LogP contribution in [0, 0.1) is 0 Å². The van der Waals surface area contributed by atoms with Crippen LogP contribution >= 0.6 is 23.2 Å². The van der Waals surface area contributed by atoms with Crippen LogP contribution in [0.5, 0.6) is 0 Å². The van der Waals surface area contributed by atoms with Gasteiger partial charge in [-0.1, -0.05) is 35.3 Å². The molecule has 0 bridgehead atoms. The summed E-state index contributed by atoms with van der Waals surface area (Å²) in [6.45, 7) is 8.67. The van der Waals surface area contributed by atoms with E-state index in [1.807, 2.05) is 42.5 Å². The van der Waals surface area contributed by atoms with Gasteiger partial charge in [-0.25, -0.2) is 9.97 Å². The van der Waals surface area contributed by atoms with Crippen LogP contribution in [0.25, 0.3) is 11.0 Å². The number of benzene rings is 2. The highest BCUT2D eigenvalue weighted by molar-refractivity contribution is 6.33. The van der Waals surface area contributed by atoms with Gasteiger partial charge in [-0.2, -0.15) is 0 Å². The van der Waals surface area contributed by atoms with Crippen molar-refractivity contribution in [1.29, 1.82) is 0 Å². The number of piperazine rings is 1. The first kappa shape index (κ1) is 20.2. The topological polar surface area (TPSA) is 44.3 Å². The maximum absolute atomic E-state index is 6.34. The second kappa shape index (κ2) is 8.74. The minimum atomic E-state index is 0.287. The number of rotatable bonds is 5. The molecule has 2 heterocycles. The summed E-state index contributed by atoms with van der Waals surface area (Å²) in [5, 5.41) is 4.95. The SMILES string of the molecule is CC(C)Nc1nc2ccccc2nc1N1CCN(Cc2cc(Cl)ccc2Cl)CC1. The van der Waals surface area contributed by atoms with Crippen LogP contribution in [-0.2, 0) is 6.54 Å². The minimum absolute atomic E-state index is 0.287. The van der Waals surface area contributed by atoms with Gasteiger partial charge in [-0.15, -0.1) is 0 Å². The Balaban J connectivity index is 1.51. The maximum Gasteiger partial charge on any atom is 0.172 e. The molecule has 0 radical (unpaired) electrons. The van der Waals surface area contributed by atoms with Crippen molar-refractivity contribution in [3.63, 3.8) is 0 Å². The summed E-state index contributed by atoms with van der Waals surface area (Å²) in [4.78, 5) is 14.5.